The van der Waals surface area contributed by atoms with Crippen molar-refractivity contribution in [1.82, 2.24) is 5.32 Å². The Kier molecular flexibility index (Phi) is 4.66. The molecule has 0 saturated heterocycles. The molecule has 0 aromatic rings. The number of carbonyl (C=O) groups excluding carboxylic acids is 1. The van der Waals surface area contributed by atoms with Gasteiger partial charge in [-0.2, -0.15) is 0 Å². The predicted octanol–water partition coefficient (Wildman–Crippen LogP) is 1.33. The molecule has 1 amide bonds. The standard InChI is InChI=1S/C8H16NO3/c1-8(2,3)12-7(11)9-5-4-6-10/h4-6H2,1-3H3,(H,9,11). The first-order valence-electron chi connectivity index (χ1n) is 4.00. The average molecular weight is 174 g/mol. The molecule has 1 radical (unpaired) electrons. The summed E-state index contributed by atoms with van der Waals surface area (Å²) >= 11 is 0. The lowest BCUT2D eigenvalue weighted by atomic mass is 10.2. The van der Waals surface area contributed by atoms with Crippen LogP contribution in [-0.4, -0.2) is 24.8 Å². The molecule has 1 N–H and O–H groups in total. The monoisotopic (exact) mass is 174 g/mol. The number of amides is 1. The van der Waals surface area contributed by atoms with E-state index in [2.05, 4.69) is 5.32 Å². The second kappa shape index (κ2) is 4.98. The minimum absolute atomic E-state index is 0.171. The summed E-state index contributed by atoms with van der Waals surface area (Å²) < 4.78 is 4.93. The van der Waals surface area contributed by atoms with Crippen molar-refractivity contribution in [2.45, 2.75) is 32.8 Å². The molecule has 0 bridgehead atoms. The van der Waals surface area contributed by atoms with Crippen LogP contribution in [0.4, 0.5) is 4.79 Å². The number of hydrogen-bond donors (Lipinski definition) is 1. The third-order valence-corrected chi connectivity index (χ3v) is 0.989. The van der Waals surface area contributed by atoms with Gasteiger partial charge in [0.15, 0.2) is 0 Å². The van der Waals surface area contributed by atoms with E-state index in [1.807, 2.05) is 0 Å². The Labute approximate surface area is 72.9 Å². The third kappa shape index (κ3) is 7.34. The van der Waals surface area contributed by atoms with Crippen molar-refractivity contribution >= 4 is 6.09 Å². The maximum atomic E-state index is 10.9. The fourth-order valence-corrected chi connectivity index (χ4v) is 0.577. The van der Waals surface area contributed by atoms with E-state index in [0.717, 1.165) is 0 Å². The first-order chi connectivity index (χ1) is 5.45. The van der Waals surface area contributed by atoms with Gasteiger partial charge in [-0.05, 0) is 27.2 Å². The van der Waals surface area contributed by atoms with Crippen LogP contribution in [0.15, 0.2) is 0 Å². The molecule has 0 aliphatic rings. The number of ether oxygens (including phenoxy) is 1. The maximum absolute atomic E-state index is 10.9. The van der Waals surface area contributed by atoms with E-state index in [-0.39, 0.29) is 6.61 Å². The van der Waals surface area contributed by atoms with Crippen LogP contribution >= 0.6 is 0 Å². The normalized spacial score (nSPS) is 11.0. The number of rotatable bonds is 3. The van der Waals surface area contributed by atoms with Crippen molar-refractivity contribution in [2.75, 3.05) is 13.2 Å². The zero-order valence-corrected chi connectivity index (χ0v) is 7.85. The van der Waals surface area contributed by atoms with Gasteiger partial charge in [0.25, 0.3) is 0 Å². The molecule has 0 aliphatic heterocycles. The predicted molar refractivity (Wildman–Crippen MR) is 44.4 cm³/mol. The van der Waals surface area contributed by atoms with Crippen molar-refractivity contribution in [1.29, 1.82) is 0 Å². The Morgan fingerprint density at radius 2 is 2.00 bits per heavy atom. The molecule has 0 unspecified atom stereocenters. The van der Waals surface area contributed by atoms with Crippen molar-refractivity contribution < 1.29 is 14.6 Å². The van der Waals surface area contributed by atoms with Gasteiger partial charge in [0.1, 0.15) is 5.60 Å². The van der Waals surface area contributed by atoms with E-state index in [1.165, 1.54) is 0 Å². The molecule has 0 atom stereocenters. The Bertz CT molecular complexity index is 140. The molecular weight excluding hydrogens is 158 g/mol. The molecule has 71 valence electrons. The topological polar surface area (TPSA) is 58.2 Å². The summed E-state index contributed by atoms with van der Waals surface area (Å²) in [6, 6.07) is 0. The highest BCUT2D eigenvalue weighted by Gasteiger charge is 2.15. The molecular formula is C8H16NO3. The van der Waals surface area contributed by atoms with Crippen LogP contribution in [0.3, 0.4) is 0 Å². The minimum atomic E-state index is -0.471. The Morgan fingerprint density at radius 3 is 2.42 bits per heavy atom. The number of carbonyl (C=O) groups is 1. The highest BCUT2D eigenvalue weighted by Crippen LogP contribution is 2.05. The summed E-state index contributed by atoms with van der Waals surface area (Å²) in [6.07, 6.45) is -0.0184. The summed E-state index contributed by atoms with van der Waals surface area (Å²) in [6.45, 7) is 5.59. The van der Waals surface area contributed by atoms with Gasteiger partial charge in [-0.15, -0.1) is 0 Å². The van der Waals surface area contributed by atoms with Gasteiger partial charge in [-0.1, -0.05) is 0 Å². The van der Waals surface area contributed by atoms with Gasteiger partial charge in [-0.25, -0.2) is 9.90 Å². The summed E-state index contributed by atoms with van der Waals surface area (Å²) in [7, 11) is 0. The smallest absolute Gasteiger partial charge is 0.407 e. The summed E-state index contributed by atoms with van der Waals surface area (Å²) in [5.41, 5.74) is -0.471. The molecule has 0 fully saturated rings. The Hall–Kier alpha value is -0.770. The quantitative estimate of drug-likeness (QED) is 0.656. The van der Waals surface area contributed by atoms with Crippen LogP contribution in [0.25, 0.3) is 0 Å². The van der Waals surface area contributed by atoms with Gasteiger partial charge in [0, 0.05) is 6.54 Å². The van der Waals surface area contributed by atoms with Gasteiger partial charge < -0.3 is 10.1 Å². The lowest BCUT2D eigenvalue weighted by Gasteiger charge is -2.19. The van der Waals surface area contributed by atoms with Crippen LogP contribution in [0.2, 0.25) is 0 Å². The van der Waals surface area contributed by atoms with Crippen LogP contribution in [0.5, 0.6) is 0 Å². The highest BCUT2D eigenvalue weighted by molar-refractivity contribution is 5.67. The van der Waals surface area contributed by atoms with Crippen LogP contribution in [0.1, 0.15) is 27.2 Å². The third-order valence-electron chi connectivity index (χ3n) is 0.989. The van der Waals surface area contributed by atoms with Crippen LogP contribution in [0, 0.1) is 0 Å². The van der Waals surface area contributed by atoms with Gasteiger partial charge >= 0.3 is 6.09 Å². The fraction of sp³-hybridized carbons (Fsp3) is 0.875. The Balaban J connectivity index is 3.47. The molecule has 4 heteroatoms. The summed E-state index contributed by atoms with van der Waals surface area (Å²) in [4.78, 5) is 10.9. The molecule has 0 aromatic carbocycles. The van der Waals surface area contributed by atoms with E-state index in [9.17, 15) is 9.90 Å². The van der Waals surface area contributed by atoms with E-state index in [1.54, 1.807) is 20.8 Å². The van der Waals surface area contributed by atoms with Crippen molar-refractivity contribution in [2.24, 2.45) is 0 Å². The zero-order valence-electron chi connectivity index (χ0n) is 7.85. The van der Waals surface area contributed by atoms with E-state index in [0.29, 0.717) is 13.0 Å². The van der Waals surface area contributed by atoms with Gasteiger partial charge in [-0.3, -0.25) is 0 Å². The fourth-order valence-electron chi connectivity index (χ4n) is 0.577. The average Bonchev–Trinajstić information content (AvgIpc) is 1.84. The molecule has 0 saturated carbocycles. The first kappa shape index (κ1) is 11.2. The molecule has 0 rings (SSSR count). The van der Waals surface area contributed by atoms with Crippen molar-refractivity contribution in [3.8, 4) is 0 Å². The number of alkyl carbamates (subject to hydrolysis) is 1. The molecule has 0 heterocycles. The SMILES string of the molecule is CC(C)(C)OC(=O)NCCC[O]. The zero-order chi connectivity index (χ0) is 9.61. The van der Waals surface area contributed by atoms with E-state index < -0.39 is 11.7 Å². The maximum Gasteiger partial charge on any atom is 0.407 e. The first-order valence-corrected chi connectivity index (χ1v) is 4.00. The van der Waals surface area contributed by atoms with Crippen LogP contribution in [-0.2, 0) is 9.84 Å². The highest BCUT2D eigenvalue weighted by atomic mass is 16.6. The van der Waals surface area contributed by atoms with E-state index in [4.69, 9.17) is 4.74 Å². The summed E-state index contributed by atoms with van der Waals surface area (Å²) in [5.74, 6) is 0. The second-order valence-electron chi connectivity index (χ2n) is 3.49. The second-order valence-corrected chi connectivity index (χ2v) is 3.49. The molecule has 12 heavy (non-hydrogen) atoms. The minimum Gasteiger partial charge on any atom is -0.444 e. The largest absolute Gasteiger partial charge is 0.444 e. The van der Waals surface area contributed by atoms with Crippen molar-refractivity contribution in [3.05, 3.63) is 0 Å². The van der Waals surface area contributed by atoms with Gasteiger partial charge in [0.2, 0.25) is 0 Å². The van der Waals surface area contributed by atoms with Gasteiger partial charge in [0.05, 0.1) is 6.61 Å². The Morgan fingerprint density at radius 1 is 1.42 bits per heavy atom. The molecule has 0 spiro atoms. The lowest BCUT2D eigenvalue weighted by Crippen LogP contribution is -2.33. The lowest BCUT2D eigenvalue weighted by molar-refractivity contribution is 0.0523. The van der Waals surface area contributed by atoms with Crippen molar-refractivity contribution in [3.63, 3.8) is 0 Å². The summed E-state index contributed by atoms with van der Waals surface area (Å²) in [5, 5.41) is 12.5. The molecule has 0 aromatic heterocycles. The molecule has 4 nitrogen and oxygen atoms in total. The molecule has 0 aliphatic carbocycles. The number of nitrogens with one attached hydrogen (secondary N) is 1. The van der Waals surface area contributed by atoms with E-state index >= 15 is 0 Å². The van der Waals surface area contributed by atoms with Crippen LogP contribution < -0.4 is 5.32 Å². The number of hydrogen-bond acceptors (Lipinski definition) is 2.